The number of aliphatic hydroxyl groups excluding tert-OH is 6. The third-order valence-corrected chi connectivity index (χ3v) is 17.8. The molecule has 14 heteroatoms. The second kappa shape index (κ2) is 15.2. The van der Waals surface area contributed by atoms with E-state index in [-0.39, 0.29) is 44.8 Å². The van der Waals surface area contributed by atoms with E-state index in [1.807, 2.05) is 6.92 Å². The third-order valence-electron chi connectivity index (χ3n) is 17.8. The van der Waals surface area contributed by atoms with Crippen LogP contribution in [0.5, 0.6) is 0 Å². The standard InChI is InChI=1S/C44H68O14/c1-22(48)44-16-14-39(2,3)18-25(44)24-8-9-28-40(4)12-11-29(41(5,21-47)27(40)10-13-43(28,7)42(24,6)15-17-44)56-38-35(33(52)32(51)34(57-38)36(53)54)58-37-23(19-45)30(49)31(50)26(20-46)55-37/h8,21,23,25-35,37-38,45-46,49-52H,9-20H2,1-7H3,(H,53,54)/t23-,25?,26?,27-,28-,29?,30?,31?,32+,33?,34+,35-,37?,38?,40?,41+,42-,43?,44?/m1/s1. The molecule has 14 nitrogen and oxygen atoms in total. The van der Waals surface area contributed by atoms with Crippen molar-refractivity contribution in [2.45, 2.75) is 174 Å². The summed E-state index contributed by atoms with van der Waals surface area (Å²) in [5.41, 5.74) is -0.309. The normalized spacial score (nSPS) is 52.5. The Hall–Kier alpha value is -1.85. The third kappa shape index (κ3) is 6.44. The summed E-state index contributed by atoms with van der Waals surface area (Å²) >= 11 is 0. The van der Waals surface area contributed by atoms with Gasteiger partial charge in [-0.15, -0.1) is 0 Å². The largest absolute Gasteiger partial charge is 0.479 e. The smallest absolute Gasteiger partial charge is 0.335 e. The number of fused-ring (bicyclic) bond motifs is 7. The molecule has 7 rings (SSSR count). The van der Waals surface area contributed by atoms with Crippen molar-refractivity contribution < 1.29 is 69.1 Å². The number of aldehydes is 1. The molecule has 0 amide bonds. The summed E-state index contributed by atoms with van der Waals surface area (Å²) in [6.45, 7) is 14.1. The molecule has 19 atom stereocenters. The highest BCUT2D eigenvalue weighted by molar-refractivity contribution is 5.84. The Kier molecular flexibility index (Phi) is 11.6. The van der Waals surface area contributed by atoms with Crippen LogP contribution in [0.1, 0.15) is 113 Å². The number of hydrogen-bond acceptors (Lipinski definition) is 13. The maximum Gasteiger partial charge on any atom is 0.335 e. The van der Waals surface area contributed by atoms with E-state index < -0.39 is 91.9 Å². The van der Waals surface area contributed by atoms with E-state index in [1.54, 1.807) is 6.92 Å². The minimum absolute atomic E-state index is 0.0987. The van der Waals surface area contributed by atoms with Gasteiger partial charge in [-0.3, -0.25) is 4.79 Å². The molecule has 0 aromatic rings. The van der Waals surface area contributed by atoms with Crippen LogP contribution < -0.4 is 0 Å². The number of carbonyl (C=O) groups is 3. The van der Waals surface area contributed by atoms with E-state index in [0.29, 0.717) is 18.6 Å². The number of aliphatic carboxylic acids is 1. The summed E-state index contributed by atoms with van der Waals surface area (Å²) in [6.07, 6.45) is -4.20. The molecule has 7 aliphatic rings. The zero-order chi connectivity index (χ0) is 42.5. The first-order valence-corrected chi connectivity index (χ1v) is 21.6. The van der Waals surface area contributed by atoms with Crippen molar-refractivity contribution in [3.05, 3.63) is 11.6 Å². The Morgan fingerprint density at radius 2 is 1.50 bits per heavy atom. The Labute approximate surface area is 341 Å². The minimum atomic E-state index is -1.98. The van der Waals surface area contributed by atoms with Gasteiger partial charge in [0.05, 0.1) is 36.8 Å². The van der Waals surface area contributed by atoms with Crippen LogP contribution in [-0.4, -0.2) is 128 Å². The molecule has 0 aromatic heterocycles. The monoisotopic (exact) mass is 820 g/mol. The number of allylic oxidation sites excluding steroid dienone is 2. The number of aliphatic hydroxyl groups is 6. The molecule has 0 spiro atoms. The van der Waals surface area contributed by atoms with Gasteiger partial charge in [0.15, 0.2) is 18.7 Å². The van der Waals surface area contributed by atoms with E-state index in [4.69, 9.17) is 18.9 Å². The number of carboxylic acids is 1. The molecular formula is C44H68O14. The van der Waals surface area contributed by atoms with Gasteiger partial charge in [-0.2, -0.15) is 0 Å². The lowest BCUT2D eigenvalue weighted by Crippen LogP contribution is -2.67. The first-order valence-electron chi connectivity index (χ1n) is 21.6. The first kappa shape index (κ1) is 44.2. The lowest BCUT2D eigenvalue weighted by Gasteiger charge is -2.71. The van der Waals surface area contributed by atoms with Gasteiger partial charge < -0.3 is 59.5 Å². The molecule has 2 aliphatic heterocycles. The zero-order valence-corrected chi connectivity index (χ0v) is 35.2. The van der Waals surface area contributed by atoms with Gasteiger partial charge in [0.2, 0.25) is 0 Å². The van der Waals surface area contributed by atoms with E-state index in [0.717, 1.165) is 57.7 Å². The van der Waals surface area contributed by atoms with Gasteiger partial charge in [0, 0.05) is 5.41 Å². The lowest BCUT2D eigenvalue weighted by molar-refractivity contribution is -0.370. The van der Waals surface area contributed by atoms with E-state index in [9.17, 15) is 50.1 Å². The number of carbonyl (C=O) groups excluding carboxylic acids is 2. The molecule has 4 saturated carbocycles. The number of ether oxygens (including phenoxy) is 4. The lowest BCUT2D eigenvalue weighted by atomic mass is 9.33. The Balaban J connectivity index is 1.18. The van der Waals surface area contributed by atoms with Crippen molar-refractivity contribution in [2.75, 3.05) is 13.2 Å². The van der Waals surface area contributed by atoms with Crippen LogP contribution in [-0.2, 0) is 33.3 Å². The first-order chi connectivity index (χ1) is 27.1. The molecule has 7 N–H and O–H groups in total. The van der Waals surface area contributed by atoms with Crippen molar-refractivity contribution >= 4 is 18.0 Å². The summed E-state index contributed by atoms with van der Waals surface area (Å²) in [4.78, 5) is 39.4. The molecule has 328 valence electrons. The fraction of sp³-hybridized carbons (Fsp3) is 0.886. The summed E-state index contributed by atoms with van der Waals surface area (Å²) in [5.74, 6) is -2.20. The molecule has 11 unspecified atom stereocenters. The summed E-state index contributed by atoms with van der Waals surface area (Å²) in [6, 6.07) is 0. The second-order valence-corrected chi connectivity index (χ2v) is 21.0. The second-order valence-electron chi connectivity index (χ2n) is 21.0. The van der Waals surface area contributed by atoms with Crippen LogP contribution in [0.25, 0.3) is 0 Å². The van der Waals surface area contributed by atoms with Gasteiger partial charge in [-0.05, 0) is 111 Å². The molecule has 5 aliphatic carbocycles. The maximum absolute atomic E-state index is 13.6. The summed E-state index contributed by atoms with van der Waals surface area (Å²) in [7, 11) is 0. The fourth-order valence-corrected chi connectivity index (χ4v) is 14.0. The van der Waals surface area contributed by atoms with Crippen LogP contribution >= 0.6 is 0 Å². The van der Waals surface area contributed by atoms with Gasteiger partial charge in [-0.25, -0.2) is 4.79 Å². The highest BCUT2D eigenvalue weighted by Crippen LogP contribution is 2.76. The minimum Gasteiger partial charge on any atom is -0.479 e. The zero-order valence-electron chi connectivity index (χ0n) is 35.2. The van der Waals surface area contributed by atoms with Crippen LogP contribution in [0, 0.1) is 56.2 Å². The number of rotatable bonds is 9. The van der Waals surface area contributed by atoms with Crippen molar-refractivity contribution in [2.24, 2.45) is 56.2 Å². The van der Waals surface area contributed by atoms with E-state index in [2.05, 4.69) is 40.7 Å². The van der Waals surface area contributed by atoms with Gasteiger partial charge in [0.25, 0.3) is 0 Å². The summed E-state index contributed by atoms with van der Waals surface area (Å²) in [5, 5.41) is 73.3. The van der Waals surface area contributed by atoms with Crippen molar-refractivity contribution in [3.8, 4) is 0 Å². The van der Waals surface area contributed by atoms with Crippen molar-refractivity contribution in [1.82, 2.24) is 0 Å². The predicted octanol–water partition coefficient (Wildman–Crippen LogP) is 2.91. The molecule has 0 aromatic carbocycles. The quantitative estimate of drug-likeness (QED) is 0.101. The van der Waals surface area contributed by atoms with Crippen LogP contribution in [0.4, 0.5) is 0 Å². The highest BCUT2D eigenvalue weighted by atomic mass is 16.8. The number of ketones is 1. The predicted molar refractivity (Wildman–Crippen MR) is 207 cm³/mol. The average molecular weight is 821 g/mol. The summed E-state index contributed by atoms with van der Waals surface area (Å²) < 4.78 is 24.2. The van der Waals surface area contributed by atoms with Gasteiger partial charge in [-0.1, -0.05) is 53.2 Å². The molecule has 2 saturated heterocycles. The van der Waals surface area contributed by atoms with Crippen molar-refractivity contribution in [3.63, 3.8) is 0 Å². The Morgan fingerprint density at radius 1 is 0.810 bits per heavy atom. The molecule has 2 heterocycles. The highest BCUT2D eigenvalue weighted by Gasteiger charge is 2.70. The van der Waals surface area contributed by atoms with Crippen molar-refractivity contribution in [1.29, 1.82) is 0 Å². The molecular weight excluding hydrogens is 752 g/mol. The Morgan fingerprint density at radius 3 is 2.12 bits per heavy atom. The number of Topliss-reactive ketones (excluding diaryl/α,β-unsaturated/α-hetero) is 1. The van der Waals surface area contributed by atoms with Gasteiger partial charge in [0.1, 0.15) is 42.6 Å². The number of hydrogen-bond donors (Lipinski definition) is 7. The molecule has 0 radical (unpaired) electrons. The topological polar surface area (TPSA) is 230 Å². The van der Waals surface area contributed by atoms with Crippen LogP contribution in [0.2, 0.25) is 0 Å². The molecule has 58 heavy (non-hydrogen) atoms. The van der Waals surface area contributed by atoms with Crippen LogP contribution in [0.3, 0.4) is 0 Å². The van der Waals surface area contributed by atoms with E-state index in [1.165, 1.54) is 5.57 Å². The molecule has 0 bridgehead atoms. The SMILES string of the molecule is CC(=O)C12CCC(C)(C)CC1C1=CC[C@@H]3C4(C)CCC(OC5O[C@H](C(=O)O)[C@@H](O)C(O)[C@H]5OC5OC(CO)C(O)C(O)[C@H]5CO)[C@@](C)(C=O)[C@@H]4CCC3(C)[C@]1(C)CC2. The number of carboxylic acid groups (broad SMARTS) is 1. The fourth-order valence-electron chi connectivity index (χ4n) is 14.0. The maximum atomic E-state index is 13.6. The average Bonchev–Trinajstić information content (AvgIpc) is 3.16. The molecule has 6 fully saturated rings. The van der Waals surface area contributed by atoms with E-state index >= 15 is 0 Å². The van der Waals surface area contributed by atoms with Crippen LogP contribution in [0.15, 0.2) is 11.6 Å². The van der Waals surface area contributed by atoms with Gasteiger partial charge >= 0.3 is 5.97 Å². The Bertz CT molecular complexity index is 1630.